The number of aryl methyl sites for hydroxylation is 2. The Morgan fingerprint density at radius 1 is 1.21 bits per heavy atom. The first-order chi connectivity index (χ1) is 15.8. The van der Waals surface area contributed by atoms with Gasteiger partial charge in [0.25, 0.3) is 11.5 Å². The van der Waals surface area contributed by atoms with E-state index in [0.29, 0.717) is 17.2 Å². The molecule has 1 amide bonds. The molecule has 0 unspecified atom stereocenters. The van der Waals surface area contributed by atoms with Crippen LogP contribution in [0.5, 0.6) is 0 Å². The Labute approximate surface area is 202 Å². The zero-order valence-electron chi connectivity index (χ0n) is 19.7. The highest BCUT2D eigenvalue weighted by Crippen LogP contribution is 2.32. The van der Waals surface area contributed by atoms with Gasteiger partial charge in [-0.2, -0.15) is 0 Å². The number of pyridine rings is 2. The molecule has 33 heavy (non-hydrogen) atoms. The largest absolute Gasteiger partial charge is 0.355 e. The van der Waals surface area contributed by atoms with Crippen molar-refractivity contribution in [2.75, 3.05) is 24.5 Å². The number of H-pyrrole nitrogens is 1. The van der Waals surface area contributed by atoms with Gasteiger partial charge in [0.2, 0.25) is 0 Å². The topological polar surface area (TPSA) is 81.6 Å². The monoisotopic (exact) mass is 513 g/mol. The van der Waals surface area contributed by atoms with Crippen molar-refractivity contribution in [1.29, 1.82) is 0 Å². The third-order valence-corrected chi connectivity index (χ3v) is 7.04. The number of aromatic amines is 1. The van der Waals surface area contributed by atoms with Gasteiger partial charge in [-0.15, -0.1) is 0 Å². The Hall–Kier alpha value is -2.58. The molecule has 0 aromatic carbocycles. The minimum absolute atomic E-state index is 0.153. The lowest BCUT2D eigenvalue weighted by atomic mass is 10.0. The molecule has 1 aliphatic heterocycles. The molecule has 3 aromatic heterocycles. The van der Waals surface area contributed by atoms with Crippen molar-refractivity contribution in [3.8, 4) is 0 Å². The fourth-order valence-electron chi connectivity index (χ4n) is 4.95. The first kappa shape index (κ1) is 23.6. The van der Waals surface area contributed by atoms with Crippen molar-refractivity contribution >= 4 is 33.2 Å². The van der Waals surface area contributed by atoms with Crippen LogP contribution in [-0.2, 0) is 6.54 Å². The van der Waals surface area contributed by atoms with E-state index in [1.54, 1.807) is 0 Å². The smallest absolute Gasteiger partial charge is 0.253 e. The number of nitrogens with one attached hydrogen (secondary N) is 3. The first-order valence-electron chi connectivity index (χ1n) is 11.6. The van der Waals surface area contributed by atoms with Crippen molar-refractivity contribution in [3.05, 3.63) is 67.2 Å². The van der Waals surface area contributed by atoms with E-state index < -0.39 is 0 Å². The van der Waals surface area contributed by atoms with Gasteiger partial charge >= 0.3 is 0 Å². The molecule has 1 fully saturated rings. The van der Waals surface area contributed by atoms with Gasteiger partial charge in [0, 0.05) is 57.7 Å². The summed E-state index contributed by atoms with van der Waals surface area (Å²) in [7, 11) is 0. The fourth-order valence-corrected chi connectivity index (χ4v) is 5.39. The maximum atomic E-state index is 13.3. The summed E-state index contributed by atoms with van der Waals surface area (Å²) in [5.74, 6) is 0.886. The molecule has 176 valence electrons. The molecule has 1 saturated heterocycles. The Bertz CT molecular complexity index is 1240. The normalized spacial score (nSPS) is 14.6. The number of amides is 1. The molecule has 0 atom stereocenters. The summed E-state index contributed by atoms with van der Waals surface area (Å²) in [6.45, 7) is 11.0. The van der Waals surface area contributed by atoms with Crippen molar-refractivity contribution < 1.29 is 4.79 Å². The summed E-state index contributed by atoms with van der Waals surface area (Å²) in [6.07, 6.45) is 4.21. The lowest BCUT2D eigenvalue weighted by Gasteiger charge is -2.37. The van der Waals surface area contributed by atoms with Gasteiger partial charge in [0.1, 0.15) is 5.82 Å². The molecule has 3 aromatic rings. The van der Waals surface area contributed by atoms with Gasteiger partial charge in [-0.1, -0.05) is 0 Å². The van der Waals surface area contributed by atoms with E-state index in [1.807, 2.05) is 39.0 Å². The Morgan fingerprint density at radius 2 is 1.94 bits per heavy atom. The van der Waals surface area contributed by atoms with Gasteiger partial charge < -0.3 is 24.9 Å². The third kappa shape index (κ3) is 4.73. The van der Waals surface area contributed by atoms with Crippen LogP contribution in [0.2, 0.25) is 0 Å². The molecule has 8 heteroatoms. The number of nitrogens with zero attached hydrogens (tertiary/aromatic N) is 2. The van der Waals surface area contributed by atoms with Crippen molar-refractivity contribution in [2.24, 2.45) is 0 Å². The van der Waals surface area contributed by atoms with E-state index in [4.69, 9.17) is 0 Å². The molecule has 0 bridgehead atoms. The zero-order valence-corrected chi connectivity index (χ0v) is 21.3. The maximum Gasteiger partial charge on any atom is 0.253 e. The number of rotatable bonds is 6. The molecule has 0 saturated carbocycles. The highest BCUT2D eigenvalue weighted by molar-refractivity contribution is 9.10. The van der Waals surface area contributed by atoms with Crippen LogP contribution in [0.25, 0.3) is 5.52 Å². The minimum Gasteiger partial charge on any atom is -0.355 e. The molecule has 4 heterocycles. The molecular weight excluding hydrogens is 482 g/mol. The van der Waals surface area contributed by atoms with Crippen LogP contribution in [0.3, 0.4) is 0 Å². The lowest BCUT2D eigenvalue weighted by Crippen LogP contribution is -2.44. The van der Waals surface area contributed by atoms with Gasteiger partial charge in [-0.25, -0.2) is 0 Å². The fraction of sp³-hybridized carbons (Fsp3) is 0.440. The summed E-state index contributed by atoms with van der Waals surface area (Å²) < 4.78 is 3.15. The van der Waals surface area contributed by atoms with Crippen LogP contribution in [0.1, 0.15) is 52.5 Å². The van der Waals surface area contributed by atoms with Gasteiger partial charge in [-0.3, -0.25) is 9.59 Å². The second kappa shape index (κ2) is 9.73. The average Bonchev–Trinajstić information content (AvgIpc) is 3.15. The summed E-state index contributed by atoms with van der Waals surface area (Å²) in [6, 6.07) is 6.31. The summed E-state index contributed by atoms with van der Waals surface area (Å²) in [4.78, 5) is 31.0. The minimum atomic E-state index is -0.172. The molecule has 1 aliphatic rings. The first-order valence-corrected chi connectivity index (χ1v) is 12.4. The van der Waals surface area contributed by atoms with E-state index in [-0.39, 0.29) is 18.0 Å². The van der Waals surface area contributed by atoms with E-state index in [9.17, 15) is 9.59 Å². The number of piperidine rings is 1. The van der Waals surface area contributed by atoms with Crippen molar-refractivity contribution in [2.45, 2.75) is 53.1 Å². The van der Waals surface area contributed by atoms with Gasteiger partial charge in [-0.05, 0) is 93.3 Å². The van der Waals surface area contributed by atoms with Crippen LogP contribution in [-0.4, -0.2) is 41.0 Å². The Balaban J connectivity index is 1.71. The number of aromatic nitrogens is 2. The number of hydrogen-bond acceptors (Lipinski definition) is 4. The second-order valence-electron chi connectivity index (χ2n) is 8.85. The Kier molecular flexibility index (Phi) is 6.95. The van der Waals surface area contributed by atoms with E-state index in [2.05, 4.69) is 54.0 Å². The number of halogens is 1. The predicted octanol–water partition coefficient (Wildman–Crippen LogP) is 3.82. The summed E-state index contributed by atoms with van der Waals surface area (Å²) >= 11 is 3.61. The predicted molar refractivity (Wildman–Crippen MR) is 136 cm³/mol. The molecular formula is C25H32BrN5O2. The number of carbonyl (C=O) groups excluding carboxylic acids is 1. The third-order valence-electron chi connectivity index (χ3n) is 6.60. The van der Waals surface area contributed by atoms with Crippen LogP contribution < -0.4 is 21.1 Å². The number of carbonyl (C=O) groups is 1. The summed E-state index contributed by atoms with van der Waals surface area (Å²) in [5, 5.41) is 6.43. The maximum absolute atomic E-state index is 13.3. The van der Waals surface area contributed by atoms with Crippen LogP contribution in [0.15, 0.2) is 33.7 Å². The van der Waals surface area contributed by atoms with E-state index >= 15 is 0 Å². The van der Waals surface area contributed by atoms with Crippen LogP contribution in [0, 0.1) is 20.8 Å². The van der Waals surface area contributed by atoms with Crippen molar-refractivity contribution in [3.63, 3.8) is 0 Å². The number of fused-ring (bicyclic) bond motifs is 1. The van der Waals surface area contributed by atoms with Crippen molar-refractivity contribution in [1.82, 2.24) is 20.0 Å². The molecule has 7 nitrogen and oxygen atoms in total. The molecule has 3 N–H and O–H groups in total. The van der Waals surface area contributed by atoms with E-state index in [1.165, 1.54) is 0 Å². The number of hydrogen-bond donors (Lipinski definition) is 3. The molecule has 0 aliphatic carbocycles. The van der Waals surface area contributed by atoms with Crippen LogP contribution >= 0.6 is 15.9 Å². The summed E-state index contributed by atoms with van der Waals surface area (Å²) in [5.41, 5.74) is 4.67. The van der Waals surface area contributed by atoms with Gasteiger partial charge in [0.15, 0.2) is 0 Å². The van der Waals surface area contributed by atoms with Crippen LogP contribution in [0.4, 0.5) is 5.82 Å². The quantitative estimate of drug-likeness (QED) is 0.467. The Morgan fingerprint density at radius 3 is 2.61 bits per heavy atom. The average molecular weight is 514 g/mol. The zero-order chi connectivity index (χ0) is 23.7. The standard InChI is InChI=1S/C25H32BrN5O2/c1-5-30(19-6-8-27-9-7-19)25-17(4)21(12-20-11-18(26)14-31(20)25)23(32)28-13-22-15(2)10-16(3)29-24(22)33/h10-12,14,19,27H,5-9,13H2,1-4H3,(H,28,32)(H,29,33). The van der Waals surface area contributed by atoms with Gasteiger partial charge in [0.05, 0.1) is 0 Å². The number of anilines is 1. The molecule has 0 radical (unpaired) electrons. The molecule has 0 spiro atoms. The highest BCUT2D eigenvalue weighted by atomic mass is 79.9. The molecule has 4 rings (SSSR count). The SMILES string of the molecule is CCN(c1c(C)c(C(=O)NCc2c(C)cc(C)[nH]c2=O)cc2cc(Br)cn12)C1CCNCC1. The highest BCUT2D eigenvalue weighted by Gasteiger charge is 2.26. The van der Waals surface area contributed by atoms with E-state index in [0.717, 1.165) is 65.1 Å². The second-order valence-corrected chi connectivity index (χ2v) is 9.77. The lowest BCUT2D eigenvalue weighted by molar-refractivity contribution is 0.0950.